The molecule has 1 aromatic heterocycles. The number of urea groups is 1. The minimum absolute atomic E-state index is 0.168. The van der Waals surface area contributed by atoms with E-state index in [9.17, 15) is 4.79 Å². The van der Waals surface area contributed by atoms with Crippen molar-refractivity contribution in [2.45, 2.75) is 23.9 Å². The Hall–Kier alpha value is -2.51. The molecule has 1 aliphatic heterocycles. The zero-order chi connectivity index (χ0) is 18.6. The summed E-state index contributed by atoms with van der Waals surface area (Å²) in [5.41, 5.74) is 2.73. The average molecular weight is 382 g/mol. The summed E-state index contributed by atoms with van der Waals surface area (Å²) in [7, 11) is 0. The number of nitrogens with one attached hydrogen (secondary N) is 3. The Morgan fingerprint density at radius 1 is 1.26 bits per heavy atom. The van der Waals surface area contributed by atoms with E-state index in [1.54, 1.807) is 11.8 Å². The minimum Gasteiger partial charge on any atom is -0.334 e. The van der Waals surface area contributed by atoms with Crippen molar-refractivity contribution in [1.29, 1.82) is 0 Å². The second kappa shape index (κ2) is 8.02. The molecule has 0 saturated carbocycles. The van der Waals surface area contributed by atoms with E-state index >= 15 is 0 Å². The predicted molar refractivity (Wildman–Crippen MR) is 111 cm³/mol. The van der Waals surface area contributed by atoms with Gasteiger partial charge >= 0.3 is 6.03 Å². The van der Waals surface area contributed by atoms with Crippen molar-refractivity contribution in [3.8, 4) is 5.69 Å². The zero-order valence-electron chi connectivity index (χ0n) is 15.2. The second-order valence-corrected chi connectivity index (χ2v) is 7.43. The van der Waals surface area contributed by atoms with Gasteiger partial charge in [0.05, 0.1) is 11.2 Å². The van der Waals surface area contributed by atoms with Gasteiger partial charge in [0.1, 0.15) is 5.03 Å². The monoisotopic (exact) mass is 381 g/mol. The molecule has 1 unspecified atom stereocenters. The number of carbonyl (C=O) groups excluding carboxylic acids is 1. The molecule has 2 aromatic carbocycles. The maximum atomic E-state index is 12.4. The fourth-order valence-electron chi connectivity index (χ4n) is 3.41. The quantitative estimate of drug-likeness (QED) is 0.604. The number of fused-ring (bicyclic) bond motifs is 1. The van der Waals surface area contributed by atoms with Crippen LogP contribution in [0.5, 0.6) is 0 Å². The average Bonchev–Trinajstić information content (AvgIpc) is 3.07. The Morgan fingerprint density at radius 2 is 2.11 bits per heavy atom. The number of piperidine rings is 1. The van der Waals surface area contributed by atoms with Crippen LogP contribution in [-0.2, 0) is 0 Å². The van der Waals surface area contributed by atoms with E-state index < -0.39 is 0 Å². The van der Waals surface area contributed by atoms with E-state index in [1.165, 1.54) is 0 Å². The van der Waals surface area contributed by atoms with Gasteiger partial charge in [-0.25, -0.2) is 9.48 Å². The third-order valence-electron chi connectivity index (χ3n) is 4.73. The molecule has 3 aromatic rings. The number of rotatable bonds is 4. The highest BCUT2D eigenvalue weighted by Gasteiger charge is 2.16. The van der Waals surface area contributed by atoms with Crippen molar-refractivity contribution >= 4 is 34.4 Å². The van der Waals surface area contributed by atoms with Crippen LogP contribution in [0.25, 0.3) is 16.6 Å². The maximum absolute atomic E-state index is 12.4. The van der Waals surface area contributed by atoms with E-state index in [1.807, 2.05) is 59.5 Å². The lowest BCUT2D eigenvalue weighted by atomic mass is 10.1. The fraction of sp³-hybridized carbons (Fsp3) is 0.300. The van der Waals surface area contributed by atoms with Gasteiger partial charge in [-0.15, -0.1) is 11.8 Å². The molecular formula is C20H23N5OS. The predicted octanol–water partition coefficient (Wildman–Crippen LogP) is 3.62. The number of anilines is 1. The van der Waals surface area contributed by atoms with Gasteiger partial charge < -0.3 is 16.0 Å². The molecule has 1 saturated heterocycles. The van der Waals surface area contributed by atoms with Crippen molar-refractivity contribution in [3.05, 3.63) is 48.5 Å². The van der Waals surface area contributed by atoms with Gasteiger partial charge in [0.25, 0.3) is 0 Å². The Kier molecular flexibility index (Phi) is 5.31. The van der Waals surface area contributed by atoms with Gasteiger partial charge in [-0.3, -0.25) is 0 Å². The summed E-state index contributed by atoms with van der Waals surface area (Å²) in [4.78, 5) is 12.4. The van der Waals surface area contributed by atoms with Crippen LogP contribution in [0.1, 0.15) is 12.8 Å². The summed E-state index contributed by atoms with van der Waals surface area (Å²) >= 11 is 1.62. The molecule has 0 aliphatic carbocycles. The normalized spacial score (nSPS) is 17.0. The third-order valence-corrected chi connectivity index (χ3v) is 5.42. The maximum Gasteiger partial charge on any atom is 0.319 e. The van der Waals surface area contributed by atoms with Crippen molar-refractivity contribution in [1.82, 2.24) is 20.4 Å². The highest BCUT2D eigenvalue weighted by molar-refractivity contribution is 7.98. The van der Waals surface area contributed by atoms with Gasteiger partial charge in [-0.1, -0.05) is 18.2 Å². The lowest BCUT2D eigenvalue weighted by Crippen LogP contribution is -2.47. The van der Waals surface area contributed by atoms with Gasteiger partial charge in [0, 0.05) is 23.7 Å². The van der Waals surface area contributed by atoms with E-state index in [2.05, 4.69) is 16.0 Å². The molecular weight excluding hydrogens is 358 g/mol. The third kappa shape index (κ3) is 3.94. The first kappa shape index (κ1) is 17.9. The molecule has 1 aliphatic rings. The highest BCUT2D eigenvalue weighted by atomic mass is 32.2. The molecule has 140 valence electrons. The molecule has 3 N–H and O–H groups in total. The molecule has 6 nitrogen and oxygen atoms in total. The van der Waals surface area contributed by atoms with E-state index in [0.717, 1.165) is 53.2 Å². The highest BCUT2D eigenvalue weighted by Crippen LogP contribution is 2.30. The van der Waals surface area contributed by atoms with Gasteiger partial charge in [0.2, 0.25) is 0 Å². The smallest absolute Gasteiger partial charge is 0.319 e. The number of nitrogens with zero attached hydrogens (tertiary/aromatic N) is 2. The molecule has 7 heteroatoms. The summed E-state index contributed by atoms with van der Waals surface area (Å²) in [5.74, 6) is 0. The van der Waals surface area contributed by atoms with Crippen molar-refractivity contribution in [2.75, 3.05) is 24.7 Å². The summed E-state index contributed by atoms with van der Waals surface area (Å²) in [6.07, 6.45) is 4.12. The molecule has 2 heterocycles. The van der Waals surface area contributed by atoms with Crippen molar-refractivity contribution in [3.63, 3.8) is 0 Å². The van der Waals surface area contributed by atoms with Crippen LogP contribution in [0.3, 0.4) is 0 Å². The molecule has 1 fully saturated rings. The minimum atomic E-state index is -0.168. The van der Waals surface area contributed by atoms with Crippen LogP contribution in [0.2, 0.25) is 0 Å². The molecule has 0 spiro atoms. The fourth-order valence-corrected chi connectivity index (χ4v) is 3.96. The molecule has 0 bridgehead atoms. The number of para-hydroxylation sites is 1. The first-order valence-electron chi connectivity index (χ1n) is 9.15. The van der Waals surface area contributed by atoms with Crippen LogP contribution < -0.4 is 16.0 Å². The summed E-state index contributed by atoms with van der Waals surface area (Å²) in [6.45, 7) is 1.85. The SMILES string of the molecule is CSc1nn(-c2ccccc2)c2cc(NC(=O)NC3CCCNC3)ccc12. The number of hydrogen-bond donors (Lipinski definition) is 3. The Balaban J connectivity index is 1.60. The first-order chi connectivity index (χ1) is 13.2. The molecule has 0 radical (unpaired) electrons. The van der Waals surface area contributed by atoms with E-state index in [0.29, 0.717) is 0 Å². The summed E-state index contributed by atoms with van der Waals surface area (Å²) in [6, 6.07) is 16.0. The number of amides is 2. The van der Waals surface area contributed by atoms with Crippen molar-refractivity contribution in [2.24, 2.45) is 0 Å². The number of hydrogen-bond acceptors (Lipinski definition) is 4. The number of aromatic nitrogens is 2. The zero-order valence-corrected chi connectivity index (χ0v) is 16.1. The van der Waals surface area contributed by atoms with Crippen LogP contribution in [-0.4, -0.2) is 41.2 Å². The number of thioether (sulfide) groups is 1. The van der Waals surface area contributed by atoms with E-state index in [4.69, 9.17) is 5.10 Å². The molecule has 2 amide bonds. The first-order valence-corrected chi connectivity index (χ1v) is 10.4. The van der Waals surface area contributed by atoms with Crippen LogP contribution in [0.15, 0.2) is 53.6 Å². The van der Waals surface area contributed by atoms with E-state index in [-0.39, 0.29) is 12.1 Å². The topological polar surface area (TPSA) is 71.0 Å². The summed E-state index contributed by atoms with van der Waals surface area (Å²) in [5, 5.41) is 16.1. The summed E-state index contributed by atoms with van der Waals surface area (Å²) < 4.78 is 1.93. The standard InChI is InChI=1S/C20H23N5OS/c1-27-19-17-10-9-14(22-20(26)23-15-6-5-11-21-13-15)12-18(17)25(24-19)16-7-3-2-4-8-16/h2-4,7-10,12,15,21H,5-6,11,13H2,1H3,(H2,22,23,26). The number of carbonyl (C=O) groups is 1. The molecule has 1 atom stereocenters. The van der Waals surface area contributed by atoms with Crippen molar-refractivity contribution < 1.29 is 4.79 Å². The Bertz CT molecular complexity index is 934. The van der Waals surface area contributed by atoms with Crippen LogP contribution in [0.4, 0.5) is 10.5 Å². The Morgan fingerprint density at radius 3 is 2.85 bits per heavy atom. The lowest BCUT2D eigenvalue weighted by molar-refractivity contribution is 0.245. The largest absolute Gasteiger partial charge is 0.334 e. The van der Waals surface area contributed by atoms with Gasteiger partial charge in [-0.2, -0.15) is 5.10 Å². The molecule has 4 rings (SSSR count). The van der Waals surface area contributed by atoms with Gasteiger partial charge in [0.15, 0.2) is 0 Å². The lowest BCUT2D eigenvalue weighted by Gasteiger charge is -2.23. The second-order valence-electron chi connectivity index (χ2n) is 6.63. The van der Waals surface area contributed by atoms with Crippen LogP contribution >= 0.6 is 11.8 Å². The van der Waals surface area contributed by atoms with Crippen LogP contribution in [0, 0.1) is 0 Å². The molecule has 27 heavy (non-hydrogen) atoms. The van der Waals surface area contributed by atoms with Gasteiger partial charge in [-0.05, 0) is 56.0 Å². The number of benzene rings is 2. The Labute approximate surface area is 162 Å².